The Kier molecular flexibility index (Phi) is 3.09. The van der Waals surface area contributed by atoms with Crippen molar-refractivity contribution in [3.8, 4) is 0 Å². The lowest BCUT2D eigenvalue weighted by Crippen LogP contribution is -2.22. The molecule has 1 heterocycles. The average molecular weight is 216 g/mol. The summed E-state index contributed by atoms with van der Waals surface area (Å²) in [7, 11) is 0. The van der Waals surface area contributed by atoms with Crippen LogP contribution in [0.25, 0.3) is 6.08 Å². The van der Waals surface area contributed by atoms with E-state index < -0.39 is 0 Å². The van der Waals surface area contributed by atoms with Crippen LogP contribution in [0.4, 0.5) is 0 Å². The van der Waals surface area contributed by atoms with Gasteiger partial charge in [-0.1, -0.05) is 29.8 Å². The van der Waals surface area contributed by atoms with Crippen LogP contribution in [-0.4, -0.2) is 12.1 Å². The SMILES string of the molecule is Cc1ccc(/C=C2\CCC(C)OC2=O)cc1. The first-order chi connectivity index (χ1) is 7.65. The van der Waals surface area contributed by atoms with Crippen molar-refractivity contribution < 1.29 is 9.53 Å². The van der Waals surface area contributed by atoms with Crippen molar-refractivity contribution in [1.82, 2.24) is 0 Å². The Hall–Kier alpha value is -1.57. The molecule has 0 radical (unpaired) electrons. The predicted molar refractivity (Wildman–Crippen MR) is 63.9 cm³/mol. The number of carbonyl (C=O) groups is 1. The third-order valence-corrected chi connectivity index (χ3v) is 2.81. The van der Waals surface area contributed by atoms with Crippen LogP contribution in [-0.2, 0) is 9.53 Å². The molecule has 1 aromatic carbocycles. The molecule has 1 unspecified atom stereocenters. The maximum atomic E-state index is 11.6. The van der Waals surface area contributed by atoms with E-state index in [4.69, 9.17) is 4.74 Å². The highest BCUT2D eigenvalue weighted by atomic mass is 16.5. The summed E-state index contributed by atoms with van der Waals surface area (Å²) in [4.78, 5) is 11.6. The molecule has 1 saturated heterocycles. The van der Waals surface area contributed by atoms with E-state index in [-0.39, 0.29) is 12.1 Å². The molecule has 1 atom stereocenters. The molecule has 0 spiro atoms. The van der Waals surface area contributed by atoms with Crippen LogP contribution in [0.3, 0.4) is 0 Å². The van der Waals surface area contributed by atoms with Crippen LogP contribution in [0.2, 0.25) is 0 Å². The summed E-state index contributed by atoms with van der Waals surface area (Å²) in [6, 6.07) is 8.13. The number of cyclic esters (lactones) is 1. The zero-order valence-corrected chi connectivity index (χ0v) is 9.69. The van der Waals surface area contributed by atoms with Crippen LogP contribution in [0.1, 0.15) is 30.9 Å². The van der Waals surface area contributed by atoms with Gasteiger partial charge in [0, 0.05) is 5.57 Å². The summed E-state index contributed by atoms with van der Waals surface area (Å²) in [5.41, 5.74) is 3.07. The fourth-order valence-electron chi connectivity index (χ4n) is 1.77. The zero-order chi connectivity index (χ0) is 11.5. The second-order valence-corrected chi connectivity index (χ2v) is 4.33. The van der Waals surface area contributed by atoms with Gasteiger partial charge in [-0.05, 0) is 38.3 Å². The van der Waals surface area contributed by atoms with E-state index in [0.29, 0.717) is 0 Å². The highest BCUT2D eigenvalue weighted by molar-refractivity contribution is 5.94. The van der Waals surface area contributed by atoms with Gasteiger partial charge in [0.25, 0.3) is 0 Å². The van der Waals surface area contributed by atoms with E-state index in [1.165, 1.54) is 5.56 Å². The monoisotopic (exact) mass is 216 g/mol. The van der Waals surface area contributed by atoms with Crippen LogP contribution in [0, 0.1) is 6.92 Å². The fourth-order valence-corrected chi connectivity index (χ4v) is 1.77. The summed E-state index contributed by atoms with van der Waals surface area (Å²) in [6.07, 6.45) is 3.72. The lowest BCUT2D eigenvalue weighted by Gasteiger charge is -2.20. The second kappa shape index (κ2) is 4.52. The number of aryl methyl sites for hydroxylation is 1. The Morgan fingerprint density at radius 3 is 2.62 bits per heavy atom. The Labute approximate surface area is 95.9 Å². The molecule has 1 aliphatic heterocycles. The number of esters is 1. The molecular formula is C14H16O2. The summed E-state index contributed by atoms with van der Waals surface area (Å²) in [5.74, 6) is -0.167. The lowest BCUT2D eigenvalue weighted by atomic mass is 10.0. The van der Waals surface area contributed by atoms with E-state index in [1.54, 1.807) is 0 Å². The predicted octanol–water partition coefficient (Wildman–Crippen LogP) is 3.10. The van der Waals surface area contributed by atoms with Gasteiger partial charge in [0.05, 0.1) is 6.10 Å². The smallest absolute Gasteiger partial charge is 0.334 e. The van der Waals surface area contributed by atoms with Gasteiger partial charge < -0.3 is 4.74 Å². The first-order valence-electron chi connectivity index (χ1n) is 5.63. The Morgan fingerprint density at radius 1 is 1.31 bits per heavy atom. The van der Waals surface area contributed by atoms with Crippen LogP contribution >= 0.6 is 0 Å². The minimum absolute atomic E-state index is 0.0580. The highest BCUT2D eigenvalue weighted by Gasteiger charge is 2.21. The maximum absolute atomic E-state index is 11.6. The highest BCUT2D eigenvalue weighted by Crippen LogP contribution is 2.21. The van der Waals surface area contributed by atoms with Crippen LogP contribution < -0.4 is 0 Å². The summed E-state index contributed by atoms with van der Waals surface area (Å²) < 4.78 is 5.19. The molecule has 0 saturated carbocycles. The van der Waals surface area contributed by atoms with Gasteiger partial charge in [0.1, 0.15) is 0 Å². The molecule has 84 valence electrons. The average Bonchev–Trinajstić information content (AvgIpc) is 2.25. The molecule has 1 aliphatic rings. The van der Waals surface area contributed by atoms with Crippen LogP contribution in [0.15, 0.2) is 29.8 Å². The Bertz CT molecular complexity index is 415. The minimum atomic E-state index is -0.167. The minimum Gasteiger partial charge on any atom is -0.459 e. The van der Waals surface area contributed by atoms with Gasteiger partial charge in [0.15, 0.2) is 0 Å². The zero-order valence-electron chi connectivity index (χ0n) is 9.69. The molecule has 1 aromatic rings. The molecule has 2 heteroatoms. The van der Waals surface area contributed by atoms with Gasteiger partial charge in [-0.2, -0.15) is 0 Å². The fraction of sp³-hybridized carbons (Fsp3) is 0.357. The molecule has 0 N–H and O–H groups in total. The van der Waals surface area contributed by atoms with Gasteiger partial charge in [-0.25, -0.2) is 4.79 Å². The quantitative estimate of drug-likeness (QED) is 0.532. The largest absolute Gasteiger partial charge is 0.459 e. The van der Waals surface area contributed by atoms with Crippen molar-refractivity contribution in [3.05, 3.63) is 41.0 Å². The van der Waals surface area contributed by atoms with E-state index in [0.717, 1.165) is 24.0 Å². The molecule has 0 aliphatic carbocycles. The second-order valence-electron chi connectivity index (χ2n) is 4.33. The first-order valence-corrected chi connectivity index (χ1v) is 5.63. The van der Waals surface area contributed by atoms with Crippen molar-refractivity contribution in [2.75, 3.05) is 0 Å². The lowest BCUT2D eigenvalue weighted by molar-refractivity contribution is -0.146. The summed E-state index contributed by atoms with van der Waals surface area (Å²) in [6.45, 7) is 3.98. The molecule has 2 nitrogen and oxygen atoms in total. The maximum Gasteiger partial charge on any atom is 0.334 e. The van der Waals surface area contributed by atoms with E-state index >= 15 is 0 Å². The van der Waals surface area contributed by atoms with Crippen molar-refractivity contribution in [3.63, 3.8) is 0 Å². The topological polar surface area (TPSA) is 26.3 Å². The number of hydrogen-bond donors (Lipinski definition) is 0. The normalized spacial score (nSPS) is 23.2. The summed E-state index contributed by atoms with van der Waals surface area (Å²) >= 11 is 0. The number of ether oxygens (including phenoxy) is 1. The van der Waals surface area contributed by atoms with Gasteiger partial charge in [-0.15, -0.1) is 0 Å². The Morgan fingerprint density at radius 2 is 2.00 bits per heavy atom. The molecule has 0 amide bonds. The van der Waals surface area contributed by atoms with Gasteiger partial charge in [-0.3, -0.25) is 0 Å². The standard InChI is InChI=1S/C14H16O2/c1-10-3-6-12(7-4-10)9-13-8-5-11(2)16-14(13)15/h3-4,6-7,9,11H,5,8H2,1-2H3/b13-9+. The third-order valence-electron chi connectivity index (χ3n) is 2.81. The van der Waals surface area contributed by atoms with E-state index in [1.807, 2.05) is 44.2 Å². The van der Waals surface area contributed by atoms with Crippen molar-refractivity contribution in [2.45, 2.75) is 32.8 Å². The number of carbonyl (C=O) groups excluding carboxylic acids is 1. The molecule has 1 fully saturated rings. The summed E-state index contributed by atoms with van der Waals surface area (Å²) in [5, 5.41) is 0. The van der Waals surface area contributed by atoms with Crippen molar-refractivity contribution >= 4 is 12.0 Å². The van der Waals surface area contributed by atoms with Gasteiger partial charge in [0.2, 0.25) is 0 Å². The molecular weight excluding hydrogens is 200 g/mol. The van der Waals surface area contributed by atoms with Gasteiger partial charge >= 0.3 is 5.97 Å². The molecule has 0 bridgehead atoms. The van der Waals surface area contributed by atoms with Crippen molar-refractivity contribution in [1.29, 1.82) is 0 Å². The number of benzene rings is 1. The van der Waals surface area contributed by atoms with Crippen molar-refractivity contribution in [2.24, 2.45) is 0 Å². The van der Waals surface area contributed by atoms with E-state index in [2.05, 4.69) is 0 Å². The number of hydrogen-bond acceptors (Lipinski definition) is 2. The first kappa shape index (κ1) is 10.9. The molecule has 16 heavy (non-hydrogen) atoms. The molecule has 0 aromatic heterocycles. The molecule has 2 rings (SSSR count). The number of rotatable bonds is 1. The van der Waals surface area contributed by atoms with Crippen LogP contribution in [0.5, 0.6) is 0 Å². The van der Waals surface area contributed by atoms with E-state index in [9.17, 15) is 4.79 Å². The Balaban J connectivity index is 2.18. The third kappa shape index (κ3) is 2.51.